The van der Waals surface area contributed by atoms with Crippen LogP contribution in [0, 0.1) is 6.92 Å². The molecule has 0 atom stereocenters. The summed E-state index contributed by atoms with van der Waals surface area (Å²) in [6, 6.07) is 1.68. The first-order valence-corrected chi connectivity index (χ1v) is 10.7. The highest BCUT2D eigenvalue weighted by atomic mass is 32.2. The second-order valence-electron chi connectivity index (χ2n) is 6.77. The maximum Gasteiger partial charge on any atom is 0.229 e. The molecule has 2 aliphatic heterocycles. The number of nitrogens with zero attached hydrogens (tertiary/aromatic N) is 4. The summed E-state index contributed by atoms with van der Waals surface area (Å²) in [4.78, 5) is 32.9. The predicted octanol–water partition coefficient (Wildman–Crippen LogP) is 0.497. The van der Waals surface area contributed by atoms with Gasteiger partial charge in [-0.3, -0.25) is 14.5 Å². The molecule has 0 unspecified atom stereocenters. The molecule has 0 aliphatic carbocycles. The summed E-state index contributed by atoms with van der Waals surface area (Å²) in [6.07, 6.45) is 3.79. The number of rotatable bonds is 6. The minimum Gasteiger partial charge on any atom is -0.474 e. The number of sulfonamides is 1. The number of likely N-dealkylation sites (tertiary alicyclic amines) is 1. The average Bonchev–Trinajstić information content (AvgIpc) is 2.62. The van der Waals surface area contributed by atoms with Gasteiger partial charge in [0.2, 0.25) is 27.7 Å². The normalized spacial score (nSPS) is 20.1. The molecule has 148 valence electrons. The van der Waals surface area contributed by atoms with Crippen molar-refractivity contribution in [3.8, 4) is 5.88 Å². The highest BCUT2D eigenvalue weighted by Gasteiger charge is 2.32. The number of carbonyl (C=O) groups is 2. The van der Waals surface area contributed by atoms with Gasteiger partial charge < -0.3 is 4.74 Å². The summed E-state index contributed by atoms with van der Waals surface area (Å²) >= 11 is 0. The molecule has 3 heterocycles. The van der Waals surface area contributed by atoms with Gasteiger partial charge in [0.05, 0.1) is 5.75 Å². The third kappa shape index (κ3) is 5.01. The Labute approximate surface area is 158 Å². The molecule has 0 spiro atoms. The number of carbonyl (C=O) groups excluding carboxylic acids is 2. The van der Waals surface area contributed by atoms with Crippen LogP contribution in [0.2, 0.25) is 0 Å². The van der Waals surface area contributed by atoms with Crippen molar-refractivity contribution in [2.75, 3.05) is 25.4 Å². The molecule has 0 bridgehead atoms. The Morgan fingerprint density at radius 2 is 1.85 bits per heavy atom. The van der Waals surface area contributed by atoms with Gasteiger partial charge in [-0.15, -0.1) is 0 Å². The second kappa shape index (κ2) is 8.30. The van der Waals surface area contributed by atoms with E-state index in [1.807, 2.05) is 0 Å². The van der Waals surface area contributed by atoms with Crippen LogP contribution in [0.25, 0.3) is 0 Å². The first kappa shape index (κ1) is 19.7. The number of amides is 2. The van der Waals surface area contributed by atoms with Crippen molar-refractivity contribution in [2.24, 2.45) is 0 Å². The monoisotopic (exact) mass is 396 g/mol. The fourth-order valence-corrected chi connectivity index (χ4v) is 4.72. The molecule has 10 heteroatoms. The molecule has 2 saturated heterocycles. The molecular weight excluding hydrogens is 372 g/mol. The topological polar surface area (TPSA) is 110 Å². The number of aryl methyl sites for hydroxylation is 1. The molecule has 1 aromatic rings. The SMILES string of the molecule is Cc1nccc(OC2CCN(S(=O)(=O)CCN3C(=O)CCCC3=O)CC2)n1. The molecule has 9 nitrogen and oxygen atoms in total. The van der Waals surface area contributed by atoms with Gasteiger partial charge in [-0.25, -0.2) is 17.7 Å². The fraction of sp³-hybridized carbons (Fsp3) is 0.647. The Bertz CT molecular complexity index is 789. The standard InChI is InChI=1S/C17H24N4O5S/c1-13-18-8-5-15(19-13)26-14-6-9-20(10-7-14)27(24,25)12-11-21-16(22)3-2-4-17(21)23/h5,8,14H,2-4,6-7,9-12H2,1H3. The lowest BCUT2D eigenvalue weighted by Gasteiger charge is -2.32. The van der Waals surface area contributed by atoms with Crippen molar-refractivity contribution in [3.63, 3.8) is 0 Å². The number of hydrogen-bond acceptors (Lipinski definition) is 7. The van der Waals surface area contributed by atoms with Gasteiger partial charge >= 0.3 is 0 Å². The summed E-state index contributed by atoms with van der Waals surface area (Å²) in [5.74, 6) is 0.309. The van der Waals surface area contributed by atoms with E-state index >= 15 is 0 Å². The highest BCUT2D eigenvalue weighted by molar-refractivity contribution is 7.89. The Morgan fingerprint density at radius 3 is 2.48 bits per heavy atom. The minimum atomic E-state index is -3.53. The van der Waals surface area contributed by atoms with Crippen molar-refractivity contribution in [3.05, 3.63) is 18.1 Å². The number of aromatic nitrogens is 2. The molecule has 3 rings (SSSR count). The highest BCUT2D eigenvalue weighted by Crippen LogP contribution is 2.20. The number of piperidine rings is 2. The van der Waals surface area contributed by atoms with E-state index in [9.17, 15) is 18.0 Å². The zero-order valence-electron chi connectivity index (χ0n) is 15.3. The van der Waals surface area contributed by atoms with Crippen molar-refractivity contribution in [1.29, 1.82) is 0 Å². The zero-order valence-corrected chi connectivity index (χ0v) is 16.2. The first-order chi connectivity index (χ1) is 12.8. The van der Waals surface area contributed by atoms with Gasteiger partial charge in [0.15, 0.2) is 0 Å². The third-order valence-electron chi connectivity index (χ3n) is 4.79. The Hall–Kier alpha value is -2.07. The molecule has 1 aromatic heterocycles. The van der Waals surface area contributed by atoms with Crippen LogP contribution in [0.3, 0.4) is 0 Å². The quantitative estimate of drug-likeness (QED) is 0.644. The van der Waals surface area contributed by atoms with Crippen LogP contribution in [-0.4, -0.2) is 70.9 Å². The van der Waals surface area contributed by atoms with Crippen LogP contribution in [0.5, 0.6) is 5.88 Å². The minimum absolute atomic E-state index is 0.0728. The van der Waals surface area contributed by atoms with E-state index in [1.54, 1.807) is 19.2 Å². The van der Waals surface area contributed by atoms with Gasteiger partial charge in [-0.1, -0.05) is 0 Å². The lowest BCUT2D eigenvalue weighted by molar-refractivity contribution is -0.147. The molecule has 2 fully saturated rings. The van der Waals surface area contributed by atoms with Gasteiger partial charge in [0, 0.05) is 44.7 Å². The predicted molar refractivity (Wildman–Crippen MR) is 96.3 cm³/mol. The molecule has 2 amide bonds. The largest absolute Gasteiger partial charge is 0.474 e. The van der Waals surface area contributed by atoms with Gasteiger partial charge in [0.25, 0.3) is 0 Å². The van der Waals surface area contributed by atoms with Crippen molar-refractivity contribution in [2.45, 2.75) is 45.1 Å². The van der Waals surface area contributed by atoms with E-state index in [0.29, 0.717) is 56.9 Å². The maximum atomic E-state index is 12.6. The van der Waals surface area contributed by atoms with E-state index in [0.717, 1.165) is 4.90 Å². The lowest BCUT2D eigenvalue weighted by Crippen LogP contribution is -2.47. The zero-order chi connectivity index (χ0) is 19.4. The lowest BCUT2D eigenvalue weighted by atomic mass is 10.1. The summed E-state index contributed by atoms with van der Waals surface area (Å²) in [5, 5.41) is 0. The number of imide groups is 1. The summed E-state index contributed by atoms with van der Waals surface area (Å²) in [5.41, 5.74) is 0. The fourth-order valence-electron chi connectivity index (χ4n) is 3.28. The summed E-state index contributed by atoms with van der Waals surface area (Å²) < 4.78 is 32.4. The van der Waals surface area contributed by atoms with Crippen LogP contribution in [0.4, 0.5) is 0 Å². The molecule has 0 saturated carbocycles. The molecule has 27 heavy (non-hydrogen) atoms. The van der Waals surface area contributed by atoms with Crippen molar-refractivity contribution >= 4 is 21.8 Å². The van der Waals surface area contributed by atoms with Crippen molar-refractivity contribution in [1.82, 2.24) is 19.2 Å². The Kier molecular flexibility index (Phi) is 6.05. The summed E-state index contributed by atoms with van der Waals surface area (Å²) in [7, 11) is -3.53. The van der Waals surface area contributed by atoms with E-state index < -0.39 is 10.0 Å². The van der Waals surface area contributed by atoms with Crippen LogP contribution in [-0.2, 0) is 19.6 Å². The van der Waals surface area contributed by atoms with E-state index in [4.69, 9.17) is 4.74 Å². The number of hydrogen-bond donors (Lipinski definition) is 0. The Balaban J connectivity index is 1.50. The van der Waals surface area contributed by atoms with Gasteiger partial charge in [-0.05, 0) is 26.2 Å². The number of ether oxygens (including phenoxy) is 1. The van der Waals surface area contributed by atoms with E-state index in [1.165, 1.54) is 4.31 Å². The molecule has 2 aliphatic rings. The maximum absolute atomic E-state index is 12.6. The molecule has 0 radical (unpaired) electrons. The molecular formula is C17H24N4O5S. The van der Waals surface area contributed by atoms with Crippen LogP contribution >= 0.6 is 0 Å². The average molecular weight is 396 g/mol. The van der Waals surface area contributed by atoms with Crippen molar-refractivity contribution < 1.29 is 22.7 Å². The Morgan fingerprint density at radius 1 is 1.19 bits per heavy atom. The second-order valence-corrected chi connectivity index (χ2v) is 8.86. The van der Waals surface area contributed by atoms with E-state index in [-0.39, 0.29) is 30.2 Å². The smallest absolute Gasteiger partial charge is 0.229 e. The van der Waals surface area contributed by atoms with Crippen LogP contribution in [0.1, 0.15) is 37.9 Å². The third-order valence-corrected chi connectivity index (χ3v) is 6.64. The van der Waals surface area contributed by atoms with Gasteiger partial charge in [-0.2, -0.15) is 4.98 Å². The molecule has 0 N–H and O–H groups in total. The first-order valence-electron chi connectivity index (χ1n) is 9.12. The van der Waals surface area contributed by atoms with Crippen LogP contribution < -0.4 is 4.74 Å². The van der Waals surface area contributed by atoms with Crippen LogP contribution in [0.15, 0.2) is 12.3 Å². The summed E-state index contributed by atoms with van der Waals surface area (Å²) in [6.45, 7) is 2.40. The molecule has 0 aromatic carbocycles. The van der Waals surface area contributed by atoms with Gasteiger partial charge in [0.1, 0.15) is 11.9 Å². The van der Waals surface area contributed by atoms with E-state index in [2.05, 4.69) is 9.97 Å².